The minimum Gasteiger partial charge on any atom is -0.480 e. The second-order valence-corrected chi connectivity index (χ2v) is 5.67. The first-order chi connectivity index (χ1) is 9.97. The Morgan fingerprint density at radius 2 is 1.76 bits per heavy atom. The molecule has 1 atom stereocenters. The fourth-order valence-corrected chi connectivity index (χ4v) is 2.53. The SMILES string of the molecule is C[C@H](C(=O)O)N1CCN(C(=O)Cc2ccc(Cl)cc2)CC1. The van der Waals surface area contributed by atoms with Crippen molar-refractivity contribution in [1.29, 1.82) is 0 Å². The summed E-state index contributed by atoms with van der Waals surface area (Å²) in [6.45, 7) is 4.02. The number of rotatable bonds is 4. The molecular formula is C15H19ClN2O3. The van der Waals surface area contributed by atoms with Gasteiger partial charge in [-0.15, -0.1) is 0 Å². The van der Waals surface area contributed by atoms with Crippen LogP contribution in [0.2, 0.25) is 5.02 Å². The Kier molecular flexibility index (Phi) is 5.20. The van der Waals surface area contributed by atoms with Gasteiger partial charge in [0.2, 0.25) is 5.91 Å². The highest BCUT2D eigenvalue weighted by Crippen LogP contribution is 2.12. The van der Waals surface area contributed by atoms with Crippen molar-refractivity contribution in [3.05, 3.63) is 34.9 Å². The highest BCUT2D eigenvalue weighted by atomic mass is 35.5. The van der Waals surface area contributed by atoms with E-state index in [2.05, 4.69) is 0 Å². The molecule has 1 aromatic carbocycles. The van der Waals surface area contributed by atoms with Gasteiger partial charge in [-0.25, -0.2) is 0 Å². The summed E-state index contributed by atoms with van der Waals surface area (Å²) in [4.78, 5) is 26.8. The molecule has 0 radical (unpaired) electrons. The third kappa shape index (κ3) is 4.19. The van der Waals surface area contributed by atoms with Crippen LogP contribution in [-0.4, -0.2) is 59.0 Å². The summed E-state index contributed by atoms with van der Waals surface area (Å²) in [7, 11) is 0. The Balaban J connectivity index is 1.85. The average molecular weight is 311 g/mol. The van der Waals surface area contributed by atoms with E-state index in [0.717, 1.165) is 5.56 Å². The maximum Gasteiger partial charge on any atom is 0.320 e. The smallest absolute Gasteiger partial charge is 0.320 e. The molecule has 0 bridgehead atoms. The number of halogens is 1. The molecule has 1 aliphatic rings. The van der Waals surface area contributed by atoms with Crippen LogP contribution >= 0.6 is 11.6 Å². The third-order valence-electron chi connectivity index (χ3n) is 3.84. The molecule has 6 heteroatoms. The van der Waals surface area contributed by atoms with Crippen molar-refractivity contribution in [2.75, 3.05) is 26.2 Å². The fraction of sp³-hybridized carbons (Fsp3) is 0.467. The summed E-state index contributed by atoms with van der Waals surface area (Å²) in [5, 5.41) is 9.65. The van der Waals surface area contributed by atoms with Crippen LogP contribution in [0.1, 0.15) is 12.5 Å². The molecule has 1 amide bonds. The van der Waals surface area contributed by atoms with Gasteiger partial charge in [-0.3, -0.25) is 14.5 Å². The minimum absolute atomic E-state index is 0.0694. The summed E-state index contributed by atoms with van der Waals surface area (Å²) in [5.74, 6) is -0.754. The van der Waals surface area contributed by atoms with Crippen molar-refractivity contribution in [3.63, 3.8) is 0 Å². The lowest BCUT2D eigenvalue weighted by atomic mass is 10.1. The molecule has 0 unspecified atom stereocenters. The summed E-state index contributed by atoms with van der Waals surface area (Å²) in [6, 6.07) is 6.75. The number of benzene rings is 1. The third-order valence-corrected chi connectivity index (χ3v) is 4.09. The Hall–Kier alpha value is -1.59. The zero-order chi connectivity index (χ0) is 15.4. The van der Waals surface area contributed by atoms with Crippen LogP contribution in [0.4, 0.5) is 0 Å². The Morgan fingerprint density at radius 3 is 2.29 bits per heavy atom. The molecular weight excluding hydrogens is 292 g/mol. The van der Waals surface area contributed by atoms with Crippen molar-refractivity contribution >= 4 is 23.5 Å². The van der Waals surface area contributed by atoms with E-state index in [9.17, 15) is 9.59 Å². The van der Waals surface area contributed by atoms with Crippen LogP contribution in [0.5, 0.6) is 0 Å². The van der Waals surface area contributed by atoms with Gasteiger partial charge < -0.3 is 10.0 Å². The zero-order valence-electron chi connectivity index (χ0n) is 12.0. The summed E-state index contributed by atoms with van der Waals surface area (Å²) in [6.07, 6.45) is 0.353. The molecule has 21 heavy (non-hydrogen) atoms. The van der Waals surface area contributed by atoms with Crippen molar-refractivity contribution in [1.82, 2.24) is 9.80 Å². The number of amides is 1. The van der Waals surface area contributed by atoms with E-state index in [1.165, 1.54) is 0 Å². The predicted molar refractivity (Wildman–Crippen MR) is 80.4 cm³/mol. The van der Waals surface area contributed by atoms with E-state index in [1.54, 1.807) is 24.0 Å². The van der Waals surface area contributed by atoms with Gasteiger partial charge in [0, 0.05) is 31.2 Å². The summed E-state index contributed by atoms with van der Waals surface area (Å²) < 4.78 is 0. The van der Waals surface area contributed by atoms with Crippen molar-refractivity contribution < 1.29 is 14.7 Å². The Morgan fingerprint density at radius 1 is 1.19 bits per heavy atom. The molecule has 0 saturated carbocycles. The first-order valence-electron chi connectivity index (χ1n) is 6.96. The van der Waals surface area contributed by atoms with E-state index < -0.39 is 12.0 Å². The van der Waals surface area contributed by atoms with E-state index >= 15 is 0 Å². The van der Waals surface area contributed by atoms with Gasteiger partial charge in [0.25, 0.3) is 0 Å². The first-order valence-corrected chi connectivity index (χ1v) is 7.34. The number of nitrogens with zero attached hydrogens (tertiary/aromatic N) is 2. The van der Waals surface area contributed by atoms with E-state index in [1.807, 2.05) is 17.0 Å². The second-order valence-electron chi connectivity index (χ2n) is 5.23. The van der Waals surface area contributed by atoms with Crippen LogP contribution in [0.15, 0.2) is 24.3 Å². The van der Waals surface area contributed by atoms with Gasteiger partial charge >= 0.3 is 5.97 Å². The average Bonchev–Trinajstić information content (AvgIpc) is 2.49. The van der Waals surface area contributed by atoms with E-state index in [0.29, 0.717) is 37.6 Å². The molecule has 1 fully saturated rings. The Labute approximate surface area is 129 Å². The topological polar surface area (TPSA) is 60.9 Å². The maximum atomic E-state index is 12.2. The molecule has 0 aliphatic carbocycles. The molecule has 114 valence electrons. The number of aliphatic carboxylic acids is 1. The molecule has 0 aromatic heterocycles. The van der Waals surface area contributed by atoms with E-state index in [4.69, 9.17) is 16.7 Å². The lowest BCUT2D eigenvalue weighted by Crippen LogP contribution is -2.53. The molecule has 1 saturated heterocycles. The van der Waals surface area contributed by atoms with E-state index in [-0.39, 0.29) is 5.91 Å². The number of carboxylic acid groups (broad SMARTS) is 1. The lowest BCUT2D eigenvalue weighted by molar-refractivity contribution is -0.144. The largest absolute Gasteiger partial charge is 0.480 e. The van der Waals surface area contributed by atoms with Gasteiger partial charge in [-0.05, 0) is 24.6 Å². The normalized spacial score (nSPS) is 17.5. The Bertz CT molecular complexity index is 510. The number of hydrogen-bond acceptors (Lipinski definition) is 3. The number of piperazine rings is 1. The van der Waals surface area contributed by atoms with Crippen molar-refractivity contribution in [2.45, 2.75) is 19.4 Å². The quantitative estimate of drug-likeness (QED) is 0.915. The second kappa shape index (κ2) is 6.91. The van der Waals surface area contributed by atoms with Crippen molar-refractivity contribution in [2.24, 2.45) is 0 Å². The highest BCUT2D eigenvalue weighted by Gasteiger charge is 2.26. The molecule has 1 N–H and O–H groups in total. The molecule has 1 heterocycles. The molecule has 1 aromatic rings. The molecule has 0 spiro atoms. The number of carboxylic acids is 1. The zero-order valence-corrected chi connectivity index (χ0v) is 12.7. The molecule has 1 aliphatic heterocycles. The predicted octanol–water partition coefficient (Wildman–Crippen LogP) is 1.50. The van der Waals surface area contributed by atoms with Crippen LogP contribution in [0.25, 0.3) is 0 Å². The van der Waals surface area contributed by atoms with Crippen LogP contribution in [-0.2, 0) is 16.0 Å². The van der Waals surface area contributed by atoms with Crippen LogP contribution in [0, 0.1) is 0 Å². The minimum atomic E-state index is -0.823. The summed E-state index contributed by atoms with van der Waals surface area (Å²) >= 11 is 5.82. The molecule has 5 nitrogen and oxygen atoms in total. The van der Waals surface area contributed by atoms with Gasteiger partial charge in [-0.1, -0.05) is 23.7 Å². The fourth-order valence-electron chi connectivity index (χ4n) is 2.40. The van der Waals surface area contributed by atoms with Gasteiger partial charge in [0.1, 0.15) is 6.04 Å². The molecule has 2 rings (SSSR count). The monoisotopic (exact) mass is 310 g/mol. The van der Waals surface area contributed by atoms with Gasteiger partial charge in [0.05, 0.1) is 6.42 Å². The number of carbonyl (C=O) groups excluding carboxylic acids is 1. The summed E-state index contributed by atoms with van der Waals surface area (Å²) in [5.41, 5.74) is 0.936. The maximum absolute atomic E-state index is 12.2. The van der Waals surface area contributed by atoms with Crippen LogP contribution < -0.4 is 0 Å². The number of carbonyl (C=O) groups is 2. The highest BCUT2D eigenvalue weighted by molar-refractivity contribution is 6.30. The standard InChI is InChI=1S/C15H19ClN2O3/c1-11(15(20)21)17-6-8-18(9-7-17)14(19)10-12-2-4-13(16)5-3-12/h2-5,11H,6-10H2,1H3,(H,20,21)/t11-/m1/s1. The lowest BCUT2D eigenvalue weighted by Gasteiger charge is -2.36. The van der Waals surface area contributed by atoms with Gasteiger partial charge in [-0.2, -0.15) is 0 Å². The van der Waals surface area contributed by atoms with Gasteiger partial charge in [0.15, 0.2) is 0 Å². The van der Waals surface area contributed by atoms with Crippen LogP contribution in [0.3, 0.4) is 0 Å². The number of hydrogen-bond donors (Lipinski definition) is 1. The first kappa shape index (κ1) is 15.8. The van der Waals surface area contributed by atoms with Crippen molar-refractivity contribution in [3.8, 4) is 0 Å².